The second-order valence-electron chi connectivity index (χ2n) is 10.9. The van der Waals surface area contributed by atoms with Crippen molar-refractivity contribution in [3.8, 4) is 22.4 Å². The first kappa shape index (κ1) is 28.9. The molecule has 0 saturated heterocycles. The zero-order valence-electron chi connectivity index (χ0n) is 23.3. The van der Waals surface area contributed by atoms with Gasteiger partial charge in [0, 0.05) is 41.9 Å². The van der Waals surface area contributed by atoms with Gasteiger partial charge < -0.3 is 5.11 Å². The summed E-state index contributed by atoms with van der Waals surface area (Å²) in [5.74, 6) is -1.68. The number of rotatable bonds is 9. The van der Waals surface area contributed by atoms with Crippen LogP contribution in [0.5, 0.6) is 0 Å². The van der Waals surface area contributed by atoms with E-state index in [0.29, 0.717) is 34.8 Å². The fourth-order valence-electron chi connectivity index (χ4n) is 5.50. The van der Waals surface area contributed by atoms with Gasteiger partial charge >= 0.3 is 5.97 Å². The number of halogens is 2. The number of aromatic nitrogens is 2. The van der Waals surface area contributed by atoms with Crippen molar-refractivity contribution in [1.29, 1.82) is 0 Å². The minimum Gasteiger partial charge on any atom is -0.481 e. The Morgan fingerprint density at radius 2 is 1.91 bits per heavy atom. The number of anilines is 2. The van der Waals surface area contributed by atoms with Crippen LogP contribution in [0.3, 0.4) is 0 Å². The minimum absolute atomic E-state index is 0.00105. The van der Waals surface area contributed by atoms with Gasteiger partial charge in [-0.2, -0.15) is 4.39 Å². The smallest absolute Gasteiger partial charge is 0.304 e. The maximum Gasteiger partial charge on any atom is 0.304 e. The summed E-state index contributed by atoms with van der Waals surface area (Å²) < 4.78 is 15.8. The van der Waals surface area contributed by atoms with Crippen LogP contribution in [-0.2, 0) is 27.2 Å². The Morgan fingerprint density at radius 3 is 2.63 bits per heavy atom. The maximum atomic E-state index is 15.8. The number of carboxylic acids is 1. The number of thiazole rings is 1. The van der Waals surface area contributed by atoms with Gasteiger partial charge in [-0.05, 0) is 60.6 Å². The predicted molar refractivity (Wildman–Crippen MR) is 164 cm³/mol. The molecule has 8 nitrogen and oxygen atoms in total. The molecule has 1 N–H and O–H groups in total. The van der Waals surface area contributed by atoms with Crippen molar-refractivity contribution >= 4 is 51.7 Å². The molecule has 220 valence electrons. The van der Waals surface area contributed by atoms with Crippen molar-refractivity contribution in [3.05, 3.63) is 82.1 Å². The number of pyridine rings is 1. The molecule has 2 aliphatic rings. The highest BCUT2D eigenvalue weighted by molar-refractivity contribution is 7.14. The number of hydrogen-bond donors (Lipinski definition) is 1. The zero-order chi connectivity index (χ0) is 30.2. The summed E-state index contributed by atoms with van der Waals surface area (Å²) in [6.45, 7) is 0. The van der Waals surface area contributed by atoms with E-state index in [9.17, 15) is 19.5 Å². The molecule has 43 heavy (non-hydrogen) atoms. The van der Waals surface area contributed by atoms with Gasteiger partial charge in [-0.1, -0.05) is 59.3 Å². The van der Waals surface area contributed by atoms with Crippen molar-refractivity contribution in [2.75, 3.05) is 16.8 Å². The lowest BCUT2D eigenvalue weighted by molar-refractivity contribution is -0.140. The van der Waals surface area contributed by atoms with Crippen LogP contribution in [0.15, 0.2) is 60.8 Å². The molecule has 0 bridgehead atoms. The second kappa shape index (κ2) is 11.9. The summed E-state index contributed by atoms with van der Waals surface area (Å²) in [5.41, 5.74) is 3.65. The summed E-state index contributed by atoms with van der Waals surface area (Å²) >= 11 is 7.14. The largest absolute Gasteiger partial charge is 0.481 e. The van der Waals surface area contributed by atoms with Crippen LogP contribution in [0.1, 0.15) is 36.8 Å². The average Bonchev–Trinajstić information content (AvgIpc) is 3.75. The monoisotopic (exact) mass is 618 g/mol. The number of hydrogen-bond acceptors (Lipinski definition) is 6. The molecule has 1 atom stereocenters. The number of nitrogens with zero attached hydrogens (tertiary/aromatic N) is 4. The van der Waals surface area contributed by atoms with Gasteiger partial charge in [0.1, 0.15) is 11.5 Å². The van der Waals surface area contributed by atoms with Crippen molar-refractivity contribution < 1.29 is 23.9 Å². The number of carboxylic acid groups (broad SMARTS) is 1. The van der Waals surface area contributed by atoms with Crippen molar-refractivity contribution in [1.82, 2.24) is 9.97 Å². The molecule has 6 rings (SSSR count). The van der Waals surface area contributed by atoms with E-state index < -0.39 is 17.0 Å². The van der Waals surface area contributed by atoms with E-state index >= 15 is 4.39 Å². The summed E-state index contributed by atoms with van der Waals surface area (Å²) in [5, 5.41) is 9.61. The van der Waals surface area contributed by atoms with E-state index in [-0.39, 0.29) is 41.5 Å². The number of carbonyl (C=O) groups is 3. The normalized spacial score (nSPS) is 15.2. The third kappa shape index (κ3) is 6.03. The molecule has 4 aromatic rings. The summed E-state index contributed by atoms with van der Waals surface area (Å²) in [6, 6.07) is 16.2. The Kier molecular flexibility index (Phi) is 7.98. The van der Waals surface area contributed by atoms with E-state index in [1.807, 2.05) is 36.4 Å². The highest BCUT2D eigenvalue weighted by Crippen LogP contribution is 2.42. The Bertz CT molecular complexity index is 1730. The van der Waals surface area contributed by atoms with Crippen LogP contribution in [-0.4, -0.2) is 45.9 Å². The Labute approximate surface area is 256 Å². The van der Waals surface area contributed by atoms with Crippen molar-refractivity contribution in [2.45, 2.75) is 44.6 Å². The second-order valence-corrected chi connectivity index (χ2v) is 12.3. The molecule has 0 spiro atoms. The highest BCUT2D eigenvalue weighted by Gasteiger charge is 2.40. The summed E-state index contributed by atoms with van der Waals surface area (Å²) in [6.07, 6.45) is 3.94. The zero-order valence-corrected chi connectivity index (χ0v) is 24.9. The molecule has 11 heteroatoms. The molecule has 2 aromatic carbocycles. The number of aliphatic carboxylic acids is 1. The molecular formula is C32H28ClFN4O4S. The van der Waals surface area contributed by atoms with E-state index in [1.165, 1.54) is 9.80 Å². The molecule has 2 aromatic heterocycles. The van der Waals surface area contributed by atoms with Crippen molar-refractivity contribution in [3.63, 3.8) is 0 Å². The lowest BCUT2D eigenvalue weighted by Crippen LogP contribution is -2.39. The quantitative estimate of drug-likeness (QED) is 0.233. The number of amides is 2. The summed E-state index contributed by atoms with van der Waals surface area (Å²) in [7, 11) is 1.70. The van der Waals surface area contributed by atoms with Crippen LogP contribution in [0, 0.1) is 11.0 Å². The fourth-order valence-corrected chi connectivity index (χ4v) is 6.56. The first-order valence-electron chi connectivity index (χ1n) is 14.0. The summed E-state index contributed by atoms with van der Waals surface area (Å²) in [4.78, 5) is 50.0. The Hall–Kier alpha value is -4.15. The lowest BCUT2D eigenvalue weighted by atomic mass is 9.94. The number of benzene rings is 2. The van der Waals surface area contributed by atoms with Crippen LogP contribution >= 0.6 is 22.9 Å². The van der Waals surface area contributed by atoms with Crippen LogP contribution in [0.4, 0.5) is 15.3 Å². The highest BCUT2D eigenvalue weighted by atomic mass is 35.5. The third-order valence-electron chi connectivity index (χ3n) is 7.82. The Morgan fingerprint density at radius 1 is 1.14 bits per heavy atom. The SMILES string of the molecule is CN1C(=O)CCc2cc(-c3ccc(Cl)cc3-c3nc(N(C(=O)[C@@H](CC(=O)O)Cc4ccccc4)C4CC4)sc3F)cnc21. The maximum absolute atomic E-state index is 15.8. The fraction of sp³-hybridized carbons (Fsp3) is 0.281. The minimum atomic E-state index is -1.08. The molecule has 1 saturated carbocycles. The van der Waals surface area contributed by atoms with Crippen molar-refractivity contribution in [2.24, 2.45) is 5.92 Å². The first-order valence-corrected chi connectivity index (χ1v) is 15.2. The van der Waals surface area contributed by atoms with E-state index in [4.69, 9.17) is 11.6 Å². The molecular weight excluding hydrogens is 591 g/mol. The number of carbonyl (C=O) groups excluding carboxylic acids is 2. The molecule has 0 unspecified atom stereocenters. The lowest BCUT2D eigenvalue weighted by Gasteiger charge is -2.25. The molecule has 1 fully saturated rings. The van der Waals surface area contributed by atoms with E-state index in [1.54, 1.807) is 31.4 Å². The van der Waals surface area contributed by atoms with Gasteiger partial charge in [-0.15, -0.1) is 0 Å². The topological polar surface area (TPSA) is 104 Å². The van der Waals surface area contributed by atoms with Gasteiger partial charge in [0.2, 0.25) is 16.9 Å². The van der Waals surface area contributed by atoms with Crippen LogP contribution in [0.25, 0.3) is 22.4 Å². The van der Waals surface area contributed by atoms with Crippen LogP contribution < -0.4 is 9.80 Å². The van der Waals surface area contributed by atoms with Gasteiger partial charge in [0.15, 0.2) is 5.13 Å². The number of fused-ring (bicyclic) bond motifs is 1. The van der Waals surface area contributed by atoms with E-state index in [0.717, 1.165) is 40.9 Å². The van der Waals surface area contributed by atoms with Gasteiger partial charge in [-0.3, -0.25) is 24.2 Å². The van der Waals surface area contributed by atoms with Gasteiger partial charge in [0.25, 0.3) is 0 Å². The predicted octanol–water partition coefficient (Wildman–Crippen LogP) is 6.40. The molecule has 0 radical (unpaired) electrons. The third-order valence-corrected chi connectivity index (χ3v) is 8.89. The standard InChI is InChI=1S/C32H28ClFN4O4S/c1-37-26(39)12-7-19-14-21(17-35-30(19)37)24-11-8-22(33)16-25(24)28-29(34)43-32(36-28)38(23-9-10-23)31(42)20(15-27(40)41)13-18-5-3-2-4-6-18/h2-6,8,11,14,16-17,20,23H,7,9-10,12-13,15H2,1H3,(H,40,41)/t20-/m1/s1. The molecule has 3 heterocycles. The molecule has 2 amide bonds. The Balaban J connectivity index is 1.37. The van der Waals surface area contributed by atoms with E-state index in [2.05, 4.69) is 9.97 Å². The first-order chi connectivity index (χ1) is 20.7. The van der Waals surface area contributed by atoms with Gasteiger partial charge in [-0.25, -0.2) is 9.97 Å². The molecule has 1 aliphatic heterocycles. The van der Waals surface area contributed by atoms with Gasteiger partial charge in [0.05, 0.1) is 12.3 Å². The number of aryl methyl sites for hydroxylation is 1. The average molecular weight is 619 g/mol. The molecule has 1 aliphatic carbocycles. The van der Waals surface area contributed by atoms with Crippen LogP contribution in [0.2, 0.25) is 5.02 Å².